The van der Waals surface area contributed by atoms with Crippen molar-refractivity contribution in [2.75, 3.05) is 25.6 Å². The topological polar surface area (TPSA) is 47.6 Å². The quantitative estimate of drug-likeness (QED) is 0.835. The highest BCUT2D eigenvalue weighted by molar-refractivity contribution is 7.99. The van der Waals surface area contributed by atoms with Crippen LogP contribution in [0, 0.1) is 0 Å². The van der Waals surface area contributed by atoms with E-state index < -0.39 is 0 Å². The highest BCUT2D eigenvalue weighted by atomic mass is 35.5. The minimum Gasteiger partial charge on any atom is -0.376 e. The van der Waals surface area contributed by atoms with Gasteiger partial charge < -0.3 is 14.8 Å². The molecule has 116 valence electrons. The predicted molar refractivity (Wildman–Crippen MR) is 85.8 cm³/mol. The SMILES string of the molecule is CCO[C@@H]1COC[C@H]1NC(=O)CSCc1ccccc1Cl. The highest BCUT2D eigenvalue weighted by Gasteiger charge is 2.29. The zero-order chi connectivity index (χ0) is 15.1. The lowest BCUT2D eigenvalue weighted by Gasteiger charge is -2.18. The lowest BCUT2D eigenvalue weighted by atomic mass is 10.2. The largest absolute Gasteiger partial charge is 0.376 e. The number of hydrogen-bond donors (Lipinski definition) is 1. The number of hydrogen-bond acceptors (Lipinski definition) is 4. The number of carbonyl (C=O) groups is 1. The van der Waals surface area contributed by atoms with Crippen molar-refractivity contribution < 1.29 is 14.3 Å². The standard InChI is InChI=1S/C15H20ClNO3S/c1-2-20-14-8-19-7-13(14)17-15(18)10-21-9-11-5-3-4-6-12(11)16/h3-6,13-14H,2,7-10H2,1H3,(H,17,18)/t13-,14-/m1/s1. The molecule has 1 aromatic carbocycles. The minimum atomic E-state index is -0.0432. The van der Waals surface area contributed by atoms with Crippen molar-refractivity contribution in [3.05, 3.63) is 34.9 Å². The number of nitrogens with one attached hydrogen (secondary N) is 1. The molecule has 0 aliphatic carbocycles. The van der Waals surface area contributed by atoms with Gasteiger partial charge in [0, 0.05) is 17.4 Å². The molecule has 2 rings (SSSR count). The summed E-state index contributed by atoms with van der Waals surface area (Å²) in [5, 5.41) is 3.71. The highest BCUT2D eigenvalue weighted by Crippen LogP contribution is 2.20. The van der Waals surface area contributed by atoms with Crippen LogP contribution in [0.5, 0.6) is 0 Å². The van der Waals surface area contributed by atoms with Crippen molar-refractivity contribution in [3.8, 4) is 0 Å². The molecule has 0 unspecified atom stereocenters. The van der Waals surface area contributed by atoms with E-state index in [0.717, 1.165) is 16.3 Å². The van der Waals surface area contributed by atoms with E-state index in [1.54, 1.807) is 11.8 Å². The van der Waals surface area contributed by atoms with E-state index in [2.05, 4.69) is 5.32 Å². The van der Waals surface area contributed by atoms with E-state index in [1.807, 2.05) is 31.2 Å². The van der Waals surface area contributed by atoms with Crippen molar-refractivity contribution >= 4 is 29.3 Å². The molecule has 1 N–H and O–H groups in total. The molecule has 0 bridgehead atoms. The van der Waals surface area contributed by atoms with E-state index in [4.69, 9.17) is 21.1 Å². The summed E-state index contributed by atoms with van der Waals surface area (Å²) >= 11 is 7.63. The molecule has 0 spiro atoms. The van der Waals surface area contributed by atoms with Crippen LogP contribution in [-0.4, -0.2) is 43.6 Å². The van der Waals surface area contributed by atoms with Crippen LogP contribution in [0.15, 0.2) is 24.3 Å². The second-order valence-corrected chi connectivity index (χ2v) is 6.18. The molecule has 2 atom stereocenters. The van der Waals surface area contributed by atoms with Crippen LogP contribution in [0.1, 0.15) is 12.5 Å². The van der Waals surface area contributed by atoms with Crippen LogP contribution < -0.4 is 5.32 Å². The average Bonchev–Trinajstić information content (AvgIpc) is 2.89. The summed E-state index contributed by atoms with van der Waals surface area (Å²) in [5.74, 6) is 1.14. The smallest absolute Gasteiger partial charge is 0.230 e. The summed E-state index contributed by atoms with van der Waals surface area (Å²) in [6.45, 7) is 3.63. The van der Waals surface area contributed by atoms with Crippen LogP contribution in [0.2, 0.25) is 5.02 Å². The molecule has 21 heavy (non-hydrogen) atoms. The Morgan fingerprint density at radius 3 is 3.05 bits per heavy atom. The second kappa shape index (κ2) is 8.63. The first kappa shape index (κ1) is 16.6. The fraction of sp³-hybridized carbons (Fsp3) is 0.533. The average molecular weight is 330 g/mol. The number of rotatable bonds is 7. The van der Waals surface area contributed by atoms with Gasteiger partial charge in [-0.25, -0.2) is 0 Å². The van der Waals surface area contributed by atoms with Gasteiger partial charge in [-0.2, -0.15) is 0 Å². The monoisotopic (exact) mass is 329 g/mol. The van der Waals surface area contributed by atoms with Gasteiger partial charge in [-0.3, -0.25) is 4.79 Å². The molecule has 6 heteroatoms. The van der Waals surface area contributed by atoms with Gasteiger partial charge in [-0.15, -0.1) is 11.8 Å². The zero-order valence-corrected chi connectivity index (χ0v) is 13.6. The number of carbonyl (C=O) groups excluding carboxylic acids is 1. The van der Waals surface area contributed by atoms with E-state index in [1.165, 1.54) is 0 Å². The molecule has 4 nitrogen and oxygen atoms in total. The van der Waals surface area contributed by atoms with Crippen molar-refractivity contribution in [1.29, 1.82) is 0 Å². The first-order valence-corrected chi connectivity index (χ1v) is 8.53. The molecule has 0 radical (unpaired) electrons. The maximum absolute atomic E-state index is 11.9. The van der Waals surface area contributed by atoms with E-state index in [0.29, 0.717) is 25.6 Å². The summed E-state index contributed by atoms with van der Waals surface area (Å²) in [6, 6.07) is 7.64. The molecule has 1 aliphatic rings. The van der Waals surface area contributed by atoms with Gasteiger partial charge in [0.1, 0.15) is 6.10 Å². The van der Waals surface area contributed by atoms with Crippen LogP contribution in [0.4, 0.5) is 0 Å². The van der Waals surface area contributed by atoms with Crippen LogP contribution in [0.25, 0.3) is 0 Å². The Labute approximate surface area is 134 Å². The van der Waals surface area contributed by atoms with E-state index in [-0.39, 0.29) is 18.1 Å². The Kier molecular flexibility index (Phi) is 6.83. The number of thioether (sulfide) groups is 1. The Hall–Kier alpha value is -0.750. The van der Waals surface area contributed by atoms with E-state index in [9.17, 15) is 4.79 Å². The van der Waals surface area contributed by atoms with Gasteiger partial charge in [0.25, 0.3) is 0 Å². The van der Waals surface area contributed by atoms with Crippen molar-refractivity contribution in [3.63, 3.8) is 0 Å². The number of benzene rings is 1. The van der Waals surface area contributed by atoms with Crippen LogP contribution >= 0.6 is 23.4 Å². The number of ether oxygens (including phenoxy) is 2. The van der Waals surface area contributed by atoms with Crippen LogP contribution in [-0.2, 0) is 20.0 Å². The molecule has 1 saturated heterocycles. The van der Waals surface area contributed by atoms with E-state index >= 15 is 0 Å². The molecule has 1 amide bonds. The Morgan fingerprint density at radius 1 is 1.48 bits per heavy atom. The van der Waals surface area contributed by atoms with Crippen molar-refractivity contribution in [2.45, 2.75) is 24.8 Å². The first-order chi connectivity index (χ1) is 10.2. The Morgan fingerprint density at radius 2 is 2.29 bits per heavy atom. The van der Waals surface area contributed by atoms with Gasteiger partial charge in [0.15, 0.2) is 0 Å². The molecular weight excluding hydrogens is 310 g/mol. The number of amides is 1. The molecule has 1 aliphatic heterocycles. The molecule has 1 aromatic rings. The van der Waals surface area contributed by atoms with Gasteiger partial charge in [0.2, 0.25) is 5.91 Å². The van der Waals surface area contributed by atoms with Gasteiger partial charge in [-0.05, 0) is 18.6 Å². The molecule has 1 heterocycles. The maximum Gasteiger partial charge on any atom is 0.230 e. The number of halogens is 1. The molecule has 1 fully saturated rings. The van der Waals surface area contributed by atoms with Crippen LogP contribution in [0.3, 0.4) is 0 Å². The normalized spacial score (nSPS) is 21.4. The lowest BCUT2D eigenvalue weighted by molar-refractivity contribution is -0.120. The summed E-state index contributed by atoms with van der Waals surface area (Å²) < 4.78 is 10.9. The Bertz CT molecular complexity index is 472. The minimum absolute atomic E-state index is 0.00672. The second-order valence-electron chi connectivity index (χ2n) is 4.79. The fourth-order valence-electron chi connectivity index (χ4n) is 2.17. The third kappa shape index (κ3) is 5.18. The maximum atomic E-state index is 11.9. The first-order valence-electron chi connectivity index (χ1n) is 7.00. The lowest BCUT2D eigenvalue weighted by Crippen LogP contribution is -2.44. The van der Waals surface area contributed by atoms with Gasteiger partial charge in [-0.1, -0.05) is 29.8 Å². The summed E-state index contributed by atoms with van der Waals surface area (Å²) in [5.41, 5.74) is 1.05. The third-order valence-corrected chi connectivity index (χ3v) is 4.55. The van der Waals surface area contributed by atoms with Gasteiger partial charge in [0.05, 0.1) is 25.0 Å². The summed E-state index contributed by atoms with van der Waals surface area (Å²) in [6.07, 6.45) is -0.0347. The summed E-state index contributed by atoms with van der Waals surface area (Å²) in [7, 11) is 0. The summed E-state index contributed by atoms with van der Waals surface area (Å²) in [4.78, 5) is 11.9. The van der Waals surface area contributed by atoms with Crippen molar-refractivity contribution in [1.82, 2.24) is 5.32 Å². The third-order valence-electron chi connectivity index (χ3n) is 3.20. The predicted octanol–water partition coefficient (Wildman–Crippen LogP) is 2.49. The molecule has 0 aromatic heterocycles. The molecule has 0 saturated carbocycles. The fourth-order valence-corrected chi connectivity index (χ4v) is 3.29. The zero-order valence-electron chi connectivity index (χ0n) is 12.0. The Balaban J connectivity index is 1.71. The van der Waals surface area contributed by atoms with Crippen molar-refractivity contribution in [2.24, 2.45) is 0 Å². The van der Waals surface area contributed by atoms with Gasteiger partial charge >= 0.3 is 0 Å². The molecular formula is C15H20ClNO3S.